The number of aromatic hydroxyl groups is 1. The largest absolute Gasteiger partial charge is 0.506 e. The maximum Gasteiger partial charge on any atom is 0.139 e. The van der Waals surface area contributed by atoms with Crippen molar-refractivity contribution in [3.63, 3.8) is 0 Å². The average Bonchev–Trinajstić information content (AvgIpc) is 2.63. The van der Waals surface area contributed by atoms with Gasteiger partial charge in [-0.3, -0.25) is 5.10 Å². The van der Waals surface area contributed by atoms with Gasteiger partial charge >= 0.3 is 0 Å². The van der Waals surface area contributed by atoms with Crippen LogP contribution in [0.25, 0.3) is 11.3 Å². The molecule has 0 aliphatic heterocycles. The average molecular weight is 318 g/mol. The molecular formula is C9H6Br2N2O. The monoisotopic (exact) mass is 316 g/mol. The number of phenols is 1. The van der Waals surface area contributed by atoms with Crippen LogP contribution in [0.5, 0.6) is 5.75 Å². The quantitative estimate of drug-likeness (QED) is 0.847. The van der Waals surface area contributed by atoms with Gasteiger partial charge in [0.2, 0.25) is 0 Å². The van der Waals surface area contributed by atoms with Gasteiger partial charge in [-0.1, -0.05) is 15.9 Å². The number of hydrogen-bond donors (Lipinski definition) is 2. The van der Waals surface area contributed by atoms with Crippen LogP contribution in [0.4, 0.5) is 0 Å². The number of aromatic amines is 1. The highest BCUT2D eigenvalue weighted by molar-refractivity contribution is 9.11. The van der Waals surface area contributed by atoms with E-state index in [9.17, 15) is 5.11 Å². The van der Waals surface area contributed by atoms with E-state index in [1.54, 1.807) is 18.3 Å². The lowest BCUT2D eigenvalue weighted by Gasteiger charge is -2.04. The van der Waals surface area contributed by atoms with Crippen molar-refractivity contribution >= 4 is 31.9 Å². The molecule has 0 fully saturated rings. The third kappa shape index (κ3) is 1.69. The molecule has 0 bridgehead atoms. The van der Waals surface area contributed by atoms with Crippen molar-refractivity contribution in [1.29, 1.82) is 0 Å². The van der Waals surface area contributed by atoms with Crippen LogP contribution in [0, 0.1) is 0 Å². The van der Waals surface area contributed by atoms with Crippen LogP contribution in [0.3, 0.4) is 0 Å². The van der Waals surface area contributed by atoms with Crippen LogP contribution in [0.15, 0.2) is 33.3 Å². The summed E-state index contributed by atoms with van der Waals surface area (Å²) in [4.78, 5) is 0. The summed E-state index contributed by atoms with van der Waals surface area (Å²) in [6, 6.07) is 5.41. The van der Waals surface area contributed by atoms with Crippen molar-refractivity contribution in [1.82, 2.24) is 10.2 Å². The summed E-state index contributed by atoms with van der Waals surface area (Å²) in [6.07, 6.45) is 1.64. The van der Waals surface area contributed by atoms with Crippen LogP contribution in [0.1, 0.15) is 0 Å². The number of nitrogens with zero attached hydrogens (tertiary/aromatic N) is 1. The molecule has 0 aliphatic carbocycles. The Kier molecular flexibility index (Phi) is 2.60. The molecule has 0 spiro atoms. The highest BCUT2D eigenvalue weighted by Gasteiger charge is 2.09. The highest BCUT2D eigenvalue weighted by Crippen LogP contribution is 2.37. The minimum absolute atomic E-state index is 0.206. The third-order valence-electron chi connectivity index (χ3n) is 1.82. The van der Waals surface area contributed by atoms with Crippen molar-refractivity contribution in [2.75, 3.05) is 0 Å². The summed E-state index contributed by atoms with van der Waals surface area (Å²) in [5.74, 6) is 0.206. The minimum Gasteiger partial charge on any atom is -0.506 e. The molecule has 2 N–H and O–H groups in total. The minimum atomic E-state index is 0.206. The first-order valence-corrected chi connectivity index (χ1v) is 5.45. The summed E-state index contributed by atoms with van der Waals surface area (Å²) in [7, 11) is 0. The standard InChI is InChI=1S/C9H6Br2N2O/c10-5-3-6(8-1-2-12-13-8)9(14)7(11)4-5/h1-4,14H,(H,12,13). The lowest BCUT2D eigenvalue weighted by Crippen LogP contribution is -1.81. The first-order valence-electron chi connectivity index (χ1n) is 3.86. The number of hydrogen-bond acceptors (Lipinski definition) is 2. The molecule has 5 heteroatoms. The summed E-state index contributed by atoms with van der Waals surface area (Å²) < 4.78 is 1.54. The zero-order valence-corrected chi connectivity index (χ0v) is 10.1. The van der Waals surface area contributed by atoms with E-state index in [1.165, 1.54) is 0 Å². The van der Waals surface area contributed by atoms with E-state index >= 15 is 0 Å². The van der Waals surface area contributed by atoms with E-state index in [0.717, 1.165) is 10.2 Å². The van der Waals surface area contributed by atoms with Crippen molar-refractivity contribution < 1.29 is 5.11 Å². The Morgan fingerprint density at radius 2 is 2.07 bits per heavy atom. The molecular weight excluding hydrogens is 312 g/mol. The normalized spacial score (nSPS) is 10.4. The molecule has 2 rings (SSSR count). The van der Waals surface area contributed by atoms with Gasteiger partial charge in [0, 0.05) is 16.2 Å². The first-order chi connectivity index (χ1) is 6.68. The van der Waals surface area contributed by atoms with Crippen molar-refractivity contribution in [2.45, 2.75) is 0 Å². The lowest BCUT2D eigenvalue weighted by atomic mass is 10.1. The molecule has 0 saturated heterocycles. The number of halogens is 2. The van der Waals surface area contributed by atoms with Crippen LogP contribution < -0.4 is 0 Å². The number of H-pyrrole nitrogens is 1. The van der Waals surface area contributed by atoms with Crippen molar-refractivity contribution in [3.05, 3.63) is 33.3 Å². The Morgan fingerprint density at radius 1 is 1.29 bits per heavy atom. The Morgan fingerprint density at radius 3 is 2.71 bits per heavy atom. The molecule has 1 aromatic carbocycles. The fourth-order valence-electron chi connectivity index (χ4n) is 1.18. The maximum atomic E-state index is 9.78. The zero-order chi connectivity index (χ0) is 10.1. The molecule has 0 unspecified atom stereocenters. The van der Waals surface area contributed by atoms with E-state index in [2.05, 4.69) is 42.1 Å². The van der Waals surface area contributed by atoms with Gasteiger partial charge in [0.15, 0.2) is 0 Å². The molecule has 0 aliphatic rings. The molecule has 14 heavy (non-hydrogen) atoms. The van der Waals surface area contributed by atoms with Crippen LogP contribution in [-0.2, 0) is 0 Å². The van der Waals surface area contributed by atoms with Gasteiger partial charge in [0.1, 0.15) is 5.75 Å². The summed E-state index contributed by atoms with van der Waals surface area (Å²) in [5, 5.41) is 16.4. The summed E-state index contributed by atoms with van der Waals surface area (Å²) in [6.45, 7) is 0. The van der Waals surface area contributed by atoms with E-state index in [-0.39, 0.29) is 5.75 Å². The first kappa shape index (κ1) is 9.73. The van der Waals surface area contributed by atoms with Gasteiger partial charge in [-0.15, -0.1) is 0 Å². The number of nitrogens with one attached hydrogen (secondary N) is 1. The van der Waals surface area contributed by atoms with Crippen LogP contribution >= 0.6 is 31.9 Å². The number of aromatic nitrogens is 2. The van der Waals surface area contributed by atoms with Gasteiger partial charge in [-0.25, -0.2) is 0 Å². The van der Waals surface area contributed by atoms with E-state index in [0.29, 0.717) is 10.0 Å². The summed E-state index contributed by atoms with van der Waals surface area (Å²) >= 11 is 6.63. The SMILES string of the molecule is Oc1c(Br)cc(Br)cc1-c1ccn[nH]1. The fraction of sp³-hybridized carbons (Fsp3) is 0. The van der Waals surface area contributed by atoms with Crippen LogP contribution in [-0.4, -0.2) is 15.3 Å². The zero-order valence-electron chi connectivity index (χ0n) is 6.96. The Hall–Kier alpha value is -0.810. The molecule has 3 nitrogen and oxygen atoms in total. The second kappa shape index (κ2) is 3.74. The molecule has 0 saturated carbocycles. The van der Waals surface area contributed by atoms with Crippen molar-refractivity contribution in [2.24, 2.45) is 0 Å². The number of benzene rings is 1. The van der Waals surface area contributed by atoms with Crippen LogP contribution in [0.2, 0.25) is 0 Å². The predicted molar refractivity (Wildman–Crippen MR) is 61.1 cm³/mol. The molecule has 0 atom stereocenters. The van der Waals surface area contributed by atoms with Gasteiger partial charge in [0.05, 0.1) is 10.2 Å². The van der Waals surface area contributed by atoms with E-state index < -0.39 is 0 Å². The highest BCUT2D eigenvalue weighted by atomic mass is 79.9. The van der Waals surface area contributed by atoms with E-state index in [1.807, 2.05) is 6.07 Å². The smallest absolute Gasteiger partial charge is 0.139 e. The summed E-state index contributed by atoms with van der Waals surface area (Å²) in [5.41, 5.74) is 1.49. The van der Waals surface area contributed by atoms with Gasteiger partial charge < -0.3 is 5.11 Å². The van der Waals surface area contributed by atoms with Gasteiger partial charge in [-0.05, 0) is 34.1 Å². The Bertz CT molecular complexity index is 454. The molecule has 0 radical (unpaired) electrons. The predicted octanol–water partition coefficient (Wildman–Crippen LogP) is 3.31. The second-order valence-electron chi connectivity index (χ2n) is 2.75. The second-order valence-corrected chi connectivity index (χ2v) is 4.52. The molecule has 1 heterocycles. The van der Waals surface area contributed by atoms with Gasteiger partial charge in [-0.2, -0.15) is 5.10 Å². The third-order valence-corrected chi connectivity index (χ3v) is 2.88. The number of phenolic OH excluding ortho intramolecular Hbond substituents is 1. The van der Waals surface area contributed by atoms with Gasteiger partial charge in [0.25, 0.3) is 0 Å². The topological polar surface area (TPSA) is 48.9 Å². The van der Waals surface area contributed by atoms with E-state index in [4.69, 9.17) is 0 Å². The molecule has 1 aromatic heterocycles. The lowest BCUT2D eigenvalue weighted by molar-refractivity contribution is 0.473. The van der Waals surface area contributed by atoms with Crippen molar-refractivity contribution in [3.8, 4) is 17.0 Å². The Labute approximate surface area is 97.4 Å². The molecule has 2 aromatic rings. The molecule has 0 amide bonds. The maximum absolute atomic E-state index is 9.78. The Balaban J connectivity index is 2.64. The molecule has 72 valence electrons. The fourth-order valence-corrected chi connectivity index (χ4v) is 2.40. The number of rotatable bonds is 1.